The summed E-state index contributed by atoms with van der Waals surface area (Å²) in [5.41, 5.74) is 0.537. The number of rotatable bonds is 5. The number of nitriles is 1. The van der Waals surface area contributed by atoms with Crippen LogP contribution in [0.15, 0.2) is 96.0 Å². The van der Waals surface area contributed by atoms with Crippen LogP contribution in [0.3, 0.4) is 0 Å². The maximum Gasteiger partial charge on any atom is 0.416 e. The second-order valence-electron chi connectivity index (χ2n) is 8.41. The van der Waals surface area contributed by atoms with Crippen molar-refractivity contribution in [3.05, 3.63) is 114 Å². The lowest BCUT2D eigenvalue weighted by Gasteiger charge is -2.12. The van der Waals surface area contributed by atoms with Crippen molar-refractivity contribution in [2.45, 2.75) is 11.1 Å². The third-order valence-corrected chi connectivity index (χ3v) is 7.17. The first-order chi connectivity index (χ1) is 18.5. The first-order valence-corrected chi connectivity index (χ1v) is 12.6. The number of alkyl halides is 3. The zero-order valence-corrected chi connectivity index (χ0v) is 20.4. The third kappa shape index (κ3) is 4.94. The zero-order chi connectivity index (χ0) is 27.9. The first kappa shape index (κ1) is 25.9. The predicted molar refractivity (Wildman–Crippen MR) is 132 cm³/mol. The fourth-order valence-electron chi connectivity index (χ4n) is 4.12. The molecular weight excluding hydrogens is 539 g/mol. The van der Waals surface area contributed by atoms with E-state index in [1.54, 1.807) is 0 Å². The lowest BCUT2D eigenvalue weighted by atomic mass is 10.0. The predicted octanol–water partition coefficient (Wildman–Crippen LogP) is 7.21. The van der Waals surface area contributed by atoms with Crippen molar-refractivity contribution >= 4 is 15.6 Å². The number of halogens is 5. The minimum Gasteiger partial charge on any atom is -0.376 e. The van der Waals surface area contributed by atoms with Gasteiger partial charge in [-0.2, -0.15) is 26.9 Å². The van der Waals surface area contributed by atoms with Crippen molar-refractivity contribution in [2.75, 3.05) is 0 Å². The van der Waals surface area contributed by atoms with Gasteiger partial charge in [-0.1, -0.05) is 12.1 Å². The average Bonchev–Trinajstić information content (AvgIpc) is 3.21. The van der Waals surface area contributed by atoms with Crippen LogP contribution in [0.1, 0.15) is 11.1 Å². The van der Waals surface area contributed by atoms with E-state index in [-0.39, 0.29) is 22.4 Å². The summed E-state index contributed by atoms with van der Waals surface area (Å²) in [5.74, 6) is -1.33. The van der Waals surface area contributed by atoms with Crippen LogP contribution in [0.2, 0.25) is 0 Å². The summed E-state index contributed by atoms with van der Waals surface area (Å²) < 4.78 is 100. The monoisotopic (exact) mass is 554 g/mol. The van der Waals surface area contributed by atoms with E-state index < -0.39 is 38.4 Å². The Kier molecular flexibility index (Phi) is 6.36. The Morgan fingerprint density at radius 2 is 1.36 bits per heavy atom. The Morgan fingerprint density at radius 1 is 0.795 bits per heavy atom. The van der Waals surface area contributed by atoms with Crippen molar-refractivity contribution in [2.24, 2.45) is 0 Å². The molecule has 3 aromatic carbocycles. The second kappa shape index (κ2) is 9.56. The van der Waals surface area contributed by atoms with E-state index in [0.717, 1.165) is 24.3 Å². The zero-order valence-electron chi connectivity index (χ0n) is 19.6. The first-order valence-electron chi connectivity index (χ1n) is 11.2. The molecule has 0 spiro atoms. The van der Waals surface area contributed by atoms with Gasteiger partial charge in [0.15, 0.2) is 5.75 Å². The van der Waals surface area contributed by atoms with Crippen LogP contribution in [0.25, 0.3) is 27.9 Å². The molecule has 11 heteroatoms. The van der Waals surface area contributed by atoms with Gasteiger partial charge in [0.1, 0.15) is 16.5 Å². The number of hydrogen-bond donors (Lipinski definition) is 0. The summed E-state index contributed by atoms with van der Waals surface area (Å²) in [6, 6.07) is 18.0. The van der Waals surface area contributed by atoms with Crippen LogP contribution in [-0.2, 0) is 16.3 Å². The van der Waals surface area contributed by atoms with E-state index in [1.165, 1.54) is 59.1 Å². The van der Waals surface area contributed by atoms with Gasteiger partial charge >= 0.3 is 16.3 Å². The van der Waals surface area contributed by atoms with Crippen molar-refractivity contribution < 1.29 is 34.6 Å². The van der Waals surface area contributed by atoms with E-state index in [4.69, 9.17) is 4.18 Å². The minimum absolute atomic E-state index is 0.128. The van der Waals surface area contributed by atoms with E-state index in [9.17, 15) is 35.6 Å². The van der Waals surface area contributed by atoms with Crippen molar-refractivity contribution in [1.29, 1.82) is 5.26 Å². The minimum atomic E-state index is -4.70. The molecule has 0 saturated carbocycles. The molecule has 0 bridgehead atoms. The van der Waals surface area contributed by atoms with Gasteiger partial charge in [0.2, 0.25) is 0 Å². The van der Waals surface area contributed by atoms with Crippen LogP contribution in [0.5, 0.6) is 5.75 Å². The molecule has 39 heavy (non-hydrogen) atoms. The van der Waals surface area contributed by atoms with Crippen LogP contribution < -0.4 is 4.18 Å². The van der Waals surface area contributed by atoms with Crippen molar-refractivity contribution in [3.63, 3.8) is 0 Å². The summed E-state index contributed by atoms with van der Waals surface area (Å²) >= 11 is 0. The molecule has 0 radical (unpaired) electrons. The molecule has 0 aliphatic carbocycles. The molecule has 5 rings (SSSR count). The van der Waals surface area contributed by atoms with Gasteiger partial charge in [-0.05, 0) is 83.9 Å². The molecule has 0 fully saturated rings. The van der Waals surface area contributed by atoms with Crippen molar-refractivity contribution in [3.8, 4) is 34.2 Å². The van der Waals surface area contributed by atoms with Gasteiger partial charge in [0.25, 0.3) is 0 Å². The molecule has 0 unspecified atom stereocenters. The highest BCUT2D eigenvalue weighted by atomic mass is 32.2. The normalized spacial score (nSPS) is 11.9. The molecule has 196 valence electrons. The lowest BCUT2D eigenvalue weighted by molar-refractivity contribution is -0.137. The molecule has 2 heterocycles. The Bertz CT molecular complexity index is 1840. The Morgan fingerprint density at radius 3 is 1.90 bits per heavy atom. The molecule has 5 aromatic rings. The highest BCUT2D eigenvalue weighted by Crippen LogP contribution is 2.46. The SMILES string of the molecule is N#Cc1ccn2c(-c3ccc(F)cc3)c(-c3ccc(F)cc3)c(OS(=O)(=O)c3ccc(C(F)(F)F)cc3)c2c1. The Balaban J connectivity index is 1.78. The smallest absolute Gasteiger partial charge is 0.376 e. The number of aromatic nitrogens is 1. The van der Waals surface area contributed by atoms with Crippen molar-refractivity contribution in [1.82, 2.24) is 4.40 Å². The van der Waals surface area contributed by atoms with Crippen LogP contribution in [0.4, 0.5) is 22.0 Å². The summed E-state index contributed by atoms with van der Waals surface area (Å²) in [6.45, 7) is 0. The molecule has 0 aliphatic heterocycles. The van der Waals surface area contributed by atoms with E-state index >= 15 is 0 Å². The Hall–Kier alpha value is -4.69. The summed E-state index contributed by atoms with van der Waals surface area (Å²) in [7, 11) is -4.70. The molecular formula is C28H15F5N2O3S. The topological polar surface area (TPSA) is 71.6 Å². The van der Waals surface area contributed by atoms with Gasteiger partial charge < -0.3 is 8.58 Å². The van der Waals surface area contributed by atoms with Gasteiger partial charge in [0, 0.05) is 6.20 Å². The van der Waals surface area contributed by atoms with Gasteiger partial charge in [0.05, 0.1) is 34.0 Å². The number of fused-ring (bicyclic) bond motifs is 1. The summed E-state index contributed by atoms with van der Waals surface area (Å²) in [6.07, 6.45) is -3.17. The fourth-order valence-corrected chi connectivity index (χ4v) is 5.08. The van der Waals surface area contributed by atoms with Crippen LogP contribution in [-0.4, -0.2) is 12.8 Å². The average molecular weight is 554 g/mol. The largest absolute Gasteiger partial charge is 0.416 e. The van der Waals surface area contributed by atoms with Crippen LogP contribution in [0, 0.1) is 23.0 Å². The molecule has 0 aliphatic rings. The standard InChI is InChI=1S/C28H15F5N2O3S/c29-21-7-1-18(2-8-21)25-26(19-3-9-22(30)10-4-19)35-14-13-17(16-34)15-24(35)27(25)38-39(36,37)23-11-5-20(6-12-23)28(31,32)33/h1-15H. The van der Waals surface area contributed by atoms with E-state index in [2.05, 4.69) is 0 Å². The quantitative estimate of drug-likeness (QED) is 0.170. The molecule has 0 amide bonds. The number of hydrogen-bond acceptors (Lipinski definition) is 4. The molecule has 2 aromatic heterocycles. The maximum absolute atomic E-state index is 13.8. The number of nitrogens with zero attached hydrogens (tertiary/aromatic N) is 2. The number of benzene rings is 3. The lowest BCUT2D eigenvalue weighted by Crippen LogP contribution is -2.11. The molecule has 0 saturated heterocycles. The highest BCUT2D eigenvalue weighted by Gasteiger charge is 2.32. The second-order valence-corrected chi connectivity index (χ2v) is 9.95. The van der Waals surface area contributed by atoms with Crippen LogP contribution >= 0.6 is 0 Å². The fraction of sp³-hybridized carbons (Fsp3) is 0.0357. The molecule has 0 atom stereocenters. The van der Waals surface area contributed by atoms with Gasteiger partial charge in [-0.25, -0.2) is 8.78 Å². The Labute approximate surface area is 219 Å². The third-order valence-electron chi connectivity index (χ3n) is 5.94. The highest BCUT2D eigenvalue weighted by molar-refractivity contribution is 7.87. The molecule has 0 N–H and O–H groups in total. The summed E-state index contributed by atoms with van der Waals surface area (Å²) in [4.78, 5) is -0.542. The number of pyridine rings is 1. The summed E-state index contributed by atoms with van der Waals surface area (Å²) in [5, 5.41) is 9.47. The van der Waals surface area contributed by atoms with E-state index in [0.29, 0.717) is 29.0 Å². The van der Waals surface area contributed by atoms with Gasteiger partial charge in [-0.3, -0.25) is 0 Å². The van der Waals surface area contributed by atoms with E-state index in [1.807, 2.05) is 6.07 Å². The van der Waals surface area contributed by atoms with Gasteiger partial charge in [-0.15, -0.1) is 0 Å². The maximum atomic E-state index is 13.8. The molecule has 5 nitrogen and oxygen atoms in total.